The highest BCUT2D eigenvalue weighted by Crippen LogP contribution is 2.30. The van der Waals surface area contributed by atoms with Crippen molar-refractivity contribution in [3.05, 3.63) is 42.0 Å². The summed E-state index contributed by atoms with van der Waals surface area (Å²) in [6.45, 7) is 8.11. The monoisotopic (exact) mass is 325 g/mol. The van der Waals surface area contributed by atoms with Crippen LogP contribution in [0.5, 0.6) is 5.75 Å². The summed E-state index contributed by atoms with van der Waals surface area (Å²) in [4.78, 5) is 5.28. The third-order valence-corrected chi connectivity index (χ3v) is 5.50. The van der Waals surface area contributed by atoms with Gasteiger partial charge >= 0.3 is 0 Å². The molecule has 4 heteroatoms. The van der Waals surface area contributed by atoms with Crippen LogP contribution in [0.4, 0.5) is 0 Å². The summed E-state index contributed by atoms with van der Waals surface area (Å²) in [5.74, 6) is 0.967. The Kier molecular flexibility index (Phi) is 4.69. The number of likely N-dealkylation sites (tertiary alicyclic amines) is 1. The van der Waals surface area contributed by atoms with Crippen molar-refractivity contribution in [2.45, 2.75) is 19.0 Å². The van der Waals surface area contributed by atoms with Crippen molar-refractivity contribution in [2.75, 3.05) is 46.4 Å². The number of benzene rings is 2. The molecule has 2 heterocycles. The minimum Gasteiger partial charge on any atom is -0.496 e. The molecular weight excluding hydrogens is 298 g/mol. The minimum absolute atomic E-state index is 0.733. The zero-order chi connectivity index (χ0) is 16.4. The van der Waals surface area contributed by atoms with E-state index in [1.54, 1.807) is 7.11 Å². The highest BCUT2D eigenvalue weighted by Gasteiger charge is 2.28. The highest BCUT2D eigenvalue weighted by molar-refractivity contribution is 5.91. The molecule has 4 nitrogen and oxygen atoms in total. The van der Waals surface area contributed by atoms with Gasteiger partial charge in [0.1, 0.15) is 5.75 Å². The lowest BCUT2D eigenvalue weighted by Crippen LogP contribution is -2.49. The molecule has 0 bridgehead atoms. The maximum absolute atomic E-state index is 5.52. The Labute approximate surface area is 144 Å². The van der Waals surface area contributed by atoms with E-state index in [2.05, 4.69) is 51.5 Å². The summed E-state index contributed by atoms with van der Waals surface area (Å²) in [7, 11) is 1.75. The molecule has 0 amide bonds. The third-order valence-electron chi connectivity index (χ3n) is 5.50. The maximum atomic E-state index is 5.52. The standard InChI is InChI=1S/C20H27N3O/c1-24-20-7-6-16(18-4-2-3-5-19(18)20)14-22-11-8-17(15-22)23-12-9-21-10-13-23/h2-7,17,21H,8-15H2,1H3. The summed E-state index contributed by atoms with van der Waals surface area (Å²) in [6, 6.07) is 13.7. The zero-order valence-electron chi connectivity index (χ0n) is 14.5. The average molecular weight is 325 g/mol. The van der Waals surface area contributed by atoms with Gasteiger partial charge in [0.05, 0.1) is 7.11 Å². The summed E-state index contributed by atoms with van der Waals surface area (Å²) in [6.07, 6.45) is 1.30. The van der Waals surface area contributed by atoms with Gasteiger partial charge in [-0.15, -0.1) is 0 Å². The number of fused-ring (bicyclic) bond motifs is 1. The molecule has 1 N–H and O–H groups in total. The zero-order valence-corrected chi connectivity index (χ0v) is 14.5. The molecule has 2 aliphatic rings. The van der Waals surface area contributed by atoms with E-state index < -0.39 is 0 Å². The molecule has 2 aromatic carbocycles. The number of hydrogen-bond donors (Lipinski definition) is 1. The molecule has 2 fully saturated rings. The molecule has 1 unspecified atom stereocenters. The van der Waals surface area contributed by atoms with Crippen LogP contribution in [-0.2, 0) is 6.54 Å². The molecule has 2 saturated heterocycles. The van der Waals surface area contributed by atoms with Crippen molar-refractivity contribution >= 4 is 10.8 Å². The first-order valence-corrected chi connectivity index (χ1v) is 9.07. The molecule has 0 saturated carbocycles. The number of hydrogen-bond acceptors (Lipinski definition) is 4. The lowest BCUT2D eigenvalue weighted by atomic mass is 10.0. The van der Waals surface area contributed by atoms with Gasteiger partial charge in [-0.25, -0.2) is 0 Å². The molecule has 0 aromatic heterocycles. The fourth-order valence-electron chi connectivity index (χ4n) is 4.19. The van der Waals surface area contributed by atoms with Crippen LogP contribution in [0.25, 0.3) is 10.8 Å². The predicted molar refractivity (Wildman–Crippen MR) is 98.6 cm³/mol. The Morgan fingerprint density at radius 2 is 1.83 bits per heavy atom. The molecule has 1 atom stereocenters. The minimum atomic E-state index is 0.733. The van der Waals surface area contributed by atoms with Gasteiger partial charge in [0, 0.05) is 57.2 Å². The third kappa shape index (κ3) is 3.14. The van der Waals surface area contributed by atoms with Gasteiger partial charge in [0.25, 0.3) is 0 Å². The molecule has 0 spiro atoms. The molecule has 4 rings (SSSR count). The molecule has 2 aromatic rings. The van der Waals surface area contributed by atoms with Gasteiger partial charge in [-0.1, -0.05) is 30.3 Å². The van der Waals surface area contributed by atoms with Crippen molar-refractivity contribution in [1.82, 2.24) is 15.1 Å². The van der Waals surface area contributed by atoms with Crippen LogP contribution >= 0.6 is 0 Å². The summed E-state index contributed by atoms with van der Waals surface area (Å²) < 4.78 is 5.52. The number of nitrogens with zero attached hydrogens (tertiary/aromatic N) is 2. The first-order valence-electron chi connectivity index (χ1n) is 9.07. The Bertz CT molecular complexity index is 696. The lowest BCUT2D eigenvalue weighted by molar-refractivity contribution is 0.170. The van der Waals surface area contributed by atoms with E-state index >= 15 is 0 Å². The van der Waals surface area contributed by atoms with Crippen molar-refractivity contribution in [3.8, 4) is 5.75 Å². The van der Waals surface area contributed by atoms with E-state index in [0.717, 1.165) is 31.4 Å². The Morgan fingerprint density at radius 3 is 2.62 bits per heavy atom. The van der Waals surface area contributed by atoms with Crippen LogP contribution in [0.3, 0.4) is 0 Å². The Morgan fingerprint density at radius 1 is 1.04 bits per heavy atom. The van der Waals surface area contributed by atoms with Crippen molar-refractivity contribution in [2.24, 2.45) is 0 Å². The number of ether oxygens (including phenoxy) is 1. The quantitative estimate of drug-likeness (QED) is 0.934. The number of piperazine rings is 1. The van der Waals surface area contributed by atoms with Gasteiger partial charge in [0.2, 0.25) is 0 Å². The molecule has 24 heavy (non-hydrogen) atoms. The van der Waals surface area contributed by atoms with Crippen LogP contribution in [0.15, 0.2) is 36.4 Å². The van der Waals surface area contributed by atoms with E-state index in [0.29, 0.717) is 0 Å². The molecular formula is C20H27N3O. The van der Waals surface area contributed by atoms with E-state index in [9.17, 15) is 0 Å². The second kappa shape index (κ2) is 7.09. The van der Waals surface area contributed by atoms with E-state index in [-0.39, 0.29) is 0 Å². The molecule has 2 aliphatic heterocycles. The van der Waals surface area contributed by atoms with Crippen LogP contribution in [0, 0.1) is 0 Å². The topological polar surface area (TPSA) is 27.7 Å². The van der Waals surface area contributed by atoms with Crippen molar-refractivity contribution < 1.29 is 4.74 Å². The normalized spacial score (nSPS) is 23.0. The summed E-state index contributed by atoms with van der Waals surface area (Å²) in [5.41, 5.74) is 1.41. The smallest absolute Gasteiger partial charge is 0.126 e. The van der Waals surface area contributed by atoms with E-state index in [1.807, 2.05) is 0 Å². The van der Waals surface area contributed by atoms with Gasteiger partial charge in [-0.05, 0) is 23.4 Å². The van der Waals surface area contributed by atoms with Gasteiger partial charge < -0.3 is 10.1 Å². The molecule has 0 aliphatic carbocycles. The van der Waals surface area contributed by atoms with E-state index in [1.165, 1.54) is 48.9 Å². The van der Waals surface area contributed by atoms with Crippen LogP contribution in [0.1, 0.15) is 12.0 Å². The maximum Gasteiger partial charge on any atom is 0.126 e. The largest absolute Gasteiger partial charge is 0.496 e. The van der Waals surface area contributed by atoms with Gasteiger partial charge in [0.15, 0.2) is 0 Å². The fourth-order valence-corrected chi connectivity index (χ4v) is 4.19. The SMILES string of the molecule is COc1ccc(CN2CCC(N3CCNCC3)C2)c2ccccc12. The first-order chi connectivity index (χ1) is 11.8. The average Bonchev–Trinajstić information content (AvgIpc) is 3.11. The molecule has 128 valence electrons. The predicted octanol–water partition coefficient (Wildman–Crippen LogP) is 2.33. The Hall–Kier alpha value is -1.62. The fraction of sp³-hybridized carbons (Fsp3) is 0.500. The van der Waals surface area contributed by atoms with Crippen LogP contribution in [0.2, 0.25) is 0 Å². The van der Waals surface area contributed by atoms with Crippen LogP contribution in [-0.4, -0.2) is 62.2 Å². The summed E-state index contributed by atoms with van der Waals surface area (Å²) >= 11 is 0. The highest BCUT2D eigenvalue weighted by atomic mass is 16.5. The Balaban J connectivity index is 1.49. The second-order valence-electron chi connectivity index (χ2n) is 6.94. The van der Waals surface area contributed by atoms with Crippen molar-refractivity contribution in [1.29, 1.82) is 0 Å². The first kappa shape index (κ1) is 15.9. The van der Waals surface area contributed by atoms with Gasteiger partial charge in [-0.3, -0.25) is 9.80 Å². The number of rotatable bonds is 4. The van der Waals surface area contributed by atoms with Crippen molar-refractivity contribution in [3.63, 3.8) is 0 Å². The summed E-state index contributed by atoms with van der Waals surface area (Å²) in [5, 5.41) is 5.99. The van der Waals surface area contributed by atoms with Gasteiger partial charge in [-0.2, -0.15) is 0 Å². The number of nitrogens with one attached hydrogen (secondary N) is 1. The number of methoxy groups -OCH3 is 1. The van der Waals surface area contributed by atoms with Crippen LogP contribution < -0.4 is 10.1 Å². The lowest BCUT2D eigenvalue weighted by Gasteiger charge is -2.32. The second-order valence-corrected chi connectivity index (χ2v) is 6.94. The molecule has 0 radical (unpaired) electrons. The van der Waals surface area contributed by atoms with E-state index in [4.69, 9.17) is 4.74 Å².